The monoisotopic (exact) mass is 232 g/mol. The lowest BCUT2D eigenvalue weighted by Crippen LogP contribution is -2.41. The van der Waals surface area contributed by atoms with Crippen molar-refractivity contribution < 1.29 is 31.5 Å². The minimum atomic E-state index is -5.89. The largest absolute Gasteiger partial charge is 0.501 e. The highest BCUT2D eigenvalue weighted by molar-refractivity contribution is 5.87. The van der Waals surface area contributed by atoms with Crippen molar-refractivity contribution in [1.29, 1.82) is 0 Å². The number of allylic oxidation sites excluding steroid dienone is 1. The molecule has 0 aliphatic rings. The van der Waals surface area contributed by atoms with Gasteiger partial charge in [0.05, 0.1) is 0 Å². The first-order valence-corrected chi connectivity index (χ1v) is 3.96. The molecule has 88 valence electrons. The molecular formula is C8H9F5O2. The van der Waals surface area contributed by atoms with Crippen molar-refractivity contribution in [3.63, 3.8) is 0 Å². The van der Waals surface area contributed by atoms with E-state index in [1.165, 1.54) is 6.08 Å². The Kier molecular flexibility index (Phi) is 4.24. The third kappa shape index (κ3) is 3.85. The summed E-state index contributed by atoms with van der Waals surface area (Å²) in [5, 5.41) is 0. The van der Waals surface area contributed by atoms with Gasteiger partial charge in [0.1, 0.15) is 0 Å². The number of rotatable bonds is 3. The molecule has 0 aromatic heterocycles. The molecule has 0 bridgehead atoms. The van der Waals surface area contributed by atoms with Gasteiger partial charge in [0.25, 0.3) is 0 Å². The molecule has 0 radical (unpaired) electrons. The molecule has 0 aliphatic heterocycles. The molecule has 15 heavy (non-hydrogen) atoms. The van der Waals surface area contributed by atoms with Crippen LogP contribution in [-0.2, 0) is 9.53 Å². The topological polar surface area (TPSA) is 26.3 Å². The SMILES string of the molecule is CCC=C(C)C(=O)OC(F)(F)C(F)(F)F. The molecular weight excluding hydrogens is 223 g/mol. The highest BCUT2D eigenvalue weighted by Crippen LogP contribution is 2.36. The van der Waals surface area contributed by atoms with Crippen molar-refractivity contribution in [2.75, 3.05) is 0 Å². The zero-order valence-electron chi connectivity index (χ0n) is 7.99. The maximum atomic E-state index is 12.2. The molecule has 0 amide bonds. The maximum absolute atomic E-state index is 12.2. The van der Waals surface area contributed by atoms with Crippen LogP contribution < -0.4 is 0 Å². The van der Waals surface area contributed by atoms with Gasteiger partial charge in [0.2, 0.25) is 0 Å². The van der Waals surface area contributed by atoms with Gasteiger partial charge in [-0.2, -0.15) is 22.0 Å². The Morgan fingerprint density at radius 2 is 1.73 bits per heavy atom. The average molecular weight is 232 g/mol. The fraction of sp³-hybridized carbons (Fsp3) is 0.625. The number of hydrogen-bond acceptors (Lipinski definition) is 2. The smallest absolute Gasteiger partial charge is 0.390 e. The summed E-state index contributed by atoms with van der Waals surface area (Å²) >= 11 is 0. The third-order valence-electron chi connectivity index (χ3n) is 1.38. The van der Waals surface area contributed by atoms with Crippen molar-refractivity contribution in [2.45, 2.75) is 32.6 Å². The molecule has 0 N–H and O–H groups in total. The third-order valence-corrected chi connectivity index (χ3v) is 1.38. The van der Waals surface area contributed by atoms with Gasteiger partial charge < -0.3 is 4.74 Å². The summed E-state index contributed by atoms with van der Waals surface area (Å²) in [4.78, 5) is 10.7. The van der Waals surface area contributed by atoms with Crippen LogP contribution in [-0.4, -0.2) is 18.3 Å². The second-order valence-corrected chi connectivity index (χ2v) is 2.70. The fourth-order valence-electron chi connectivity index (χ4n) is 0.644. The van der Waals surface area contributed by atoms with E-state index in [2.05, 4.69) is 4.74 Å². The molecule has 0 atom stereocenters. The van der Waals surface area contributed by atoms with E-state index < -0.39 is 18.3 Å². The highest BCUT2D eigenvalue weighted by Gasteiger charge is 2.62. The van der Waals surface area contributed by atoms with E-state index in [1.807, 2.05) is 0 Å². The average Bonchev–Trinajstić information content (AvgIpc) is 2.01. The number of esters is 1. The van der Waals surface area contributed by atoms with Crippen molar-refractivity contribution in [2.24, 2.45) is 0 Å². The summed E-state index contributed by atoms with van der Waals surface area (Å²) in [6.07, 6.45) is -9.82. The van der Waals surface area contributed by atoms with Crippen LogP contribution in [0.3, 0.4) is 0 Å². The summed E-state index contributed by atoms with van der Waals surface area (Å²) < 4.78 is 62.2. The molecule has 0 aliphatic carbocycles. The van der Waals surface area contributed by atoms with Crippen molar-refractivity contribution in [1.82, 2.24) is 0 Å². The summed E-state index contributed by atoms with van der Waals surface area (Å²) in [6, 6.07) is 0. The summed E-state index contributed by atoms with van der Waals surface area (Å²) in [6.45, 7) is 2.69. The van der Waals surface area contributed by atoms with Crippen molar-refractivity contribution in [3.05, 3.63) is 11.6 Å². The van der Waals surface area contributed by atoms with E-state index in [1.54, 1.807) is 6.92 Å². The molecule has 0 heterocycles. The molecule has 0 saturated heterocycles. The van der Waals surface area contributed by atoms with Gasteiger partial charge in [-0.25, -0.2) is 4.79 Å². The second kappa shape index (κ2) is 4.59. The second-order valence-electron chi connectivity index (χ2n) is 2.70. The zero-order chi connectivity index (χ0) is 12.3. The maximum Gasteiger partial charge on any atom is 0.501 e. The van der Waals surface area contributed by atoms with Crippen LogP contribution >= 0.6 is 0 Å². The van der Waals surface area contributed by atoms with Crippen molar-refractivity contribution in [3.8, 4) is 0 Å². The van der Waals surface area contributed by atoms with Crippen LogP contribution in [0.25, 0.3) is 0 Å². The lowest BCUT2D eigenvalue weighted by Gasteiger charge is -2.18. The summed E-state index contributed by atoms with van der Waals surface area (Å²) in [5.74, 6) is -1.68. The van der Waals surface area contributed by atoms with E-state index >= 15 is 0 Å². The first-order chi connectivity index (χ1) is 6.62. The number of carbonyl (C=O) groups is 1. The van der Waals surface area contributed by atoms with Crippen LogP contribution in [0.5, 0.6) is 0 Å². The van der Waals surface area contributed by atoms with E-state index in [0.717, 1.165) is 6.92 Å². The van der Waals surface area contributed by atoms with E-state index in [9.17, 15) is 26.7 Å². The first-order valence-electron chi connectivity index (χ1n) is 3.96. The predicted molar refractivity (Wildman–Crippen MR) is 41.1 cm³/mol. The minimum absolute atomic E-state index is 0.290. The van der Waals surface area contributed by atoms with Gasteiger partial charge >= 0.3 is 18.3 Å². The van der Waals surface area contributed by atoms with Crippen LogP contribution in [0.1, 0.15) is 20.3 Å². The Hall–Kier alpha value is -1.14. The Labute approximate surface area is 82.7 Å². The Balaban J connectivity index is 4.62. The standard InChI is InChI=1S/C8H9F5O2/c1-3-4-5(2)6(14)15-8(12,13)7(9,10)11/h4H,3H2,1-2H3. The zero-order valence-corrected chi connectivity index (χ0v) is 7.99. The van der Waals surface area contributed by atoms with Gasteiger partial charge in [-0.15, -0.1) is 0 Å². The molecule has 0 saturated carbocycles. The van der Waals surface area contributed by atoms with Crippen LogP contribution in [0, 0.1) is 0 Å². The quantitative estimate of drug-likeness (QED) is 0.424. The van der Waals surface area contributed by atoms with Crippen LogP contribution in [0.4, 0.5) is 22.0 Å². The van der Waals surface area contributed by atoms with Crippen LogP contribution in [0.2, 0.25) is 0 Å². The van der Waals surface area contributed by atoms with E-state index in [-0.39, 0.29) is 5.57 Å². The Bertz CT molecular complexity index is 267. The molecule has 0 unspecified atom stereocenters. The lowest BCUT2D eigenvalue weighted by molar-refractivity contribution is -0.375. The summed E-state index contributed by atoms with van der Waals surface area (Å²) in [5.41, 5.74) is -0.290. The van der Waals surface area contributed by atoms with E-state index in [4.69, 9.17) is 0 Å². The van der Waals surface area contributed by atoms with Gasteiger partial charge in [0.15, 0.2) is 0 Å². The summed E-state index contributed by atoms with van der Waals surface area (Å²) in [7, 11) is 0. The predicted octanol–water partition coefficient (Wildman–Crippen LogP) is 3.04. The van der Waals surface area contributed by atoms with Gasteiger partial charge in [-0.1, -0.05) is 13.0 Å². The highest BCUT2D eigenvalue weighted by atomic mass is 19.4. The number of ether oxygens (including phenoxy) is 1. The molecule has 2 nitrogen and oxygen atoms in total. The molecule has 0 aromatic carbocycles. The lowest BCUT2D eigenvalue weighted by atomic mass is 10.2. The number of alkyl halides is 5. The molecule has 7 heteroatoms. The normalized spacial score (nSPS) is 13.9. The molecule has 0 aromatic rings. The fourth-order valence-corrected chi connectivity index (χ4v) is 0.644. The number of halogens is 5. The van der Waals surface area contributed by atoms with Crippen molar-refractivity contribution >= 4 is 5.97 Å². The number of carbonyl (C=O) groups excluding carboxylic acids is 1. The number of hydrogen-bond donors (Lipinski definition) is 0. The first kappa shape index (κ1) is 13.9. The molecule has 0 fully saturated rings. The van der Waals surface area contributed by atoms with E-state index in [0.29, 0.717) is 6.42 Å². The van der Waals surface area contributed by atoms with Crippen LogP contribution in [0.15, 0.2) is 11.6 Å². The Morgan fingerprint density at radius 3 is 2.07 bits per heavy atom. The van der Waals surface area contributed by atoms with Gasteiger partial charge in [0, 0.05) is 5.57 Å². The van der Waals surface area contributed by atoms with Gasteiger partial charge in [-0.05, 0) is 13.3 Å². The van der Waals surface area contributed by atoms with Gasteiger partial charge in [-0.3, -0.25) is 0 Å². The minimum Gasteiger partial charge on any atom is -0.390 e. The molecule has 0 spiro atoms. The molecule has 0 rings (SSSR count). The Morgan fingerprint density at radius 1 is 1.27 bits per heavy atom.